The summed E-state index contributed by atoms with van der Waals surface area (Å²) >= 11 is 6.21. The van der Waals surface area contributed by atoms with Gasteiger partial charge in [-0.25, -0.2) is 0 Å². The number of aliphatic hydroxyl groups is 1. The SMILES string of the molecule is Cc1ccc(-c2c(CC[C@](C)(O)c3ccccc3)oc3ccc(Cl)cc23)o1. The summed E-state index contributed by atoms with van der Waals surface area (Å²) in [5, 5.41) is 12.5. The first-order valence-electron chi connectivity index (χ1n) is 9.00. The summed E-state index contributed by atoms with van der Waals surface area (Å²) in [5.41, 5.74) is 1.61. The molecule has 0 saturated carbocycles. The minimum absolute atomic E-state index is 0.525. The van der Waals surface area contributed by atoms with Crippen LogP contribution >= 0.6 is 11.6 Å². The van der Waals surface area contributed by atoms with Crippen LogP contribution in [0.5, 0.6) is 0 Å². The van der Waals surface area contributed by atoms with Crippen LogP contribution in [0.1, 0.15) is 30.4 Å². The second kappa shape index (κ2) is 6.91. The maximum Gasteiger partial charge on any atom is 0.138 e. The van der Waals surface area contributed by atoms with Crippen molar-refractivity contribution in [2.75, 3.05) is 0 Å². The Bertz CT molecular complexity index is 1070. The zero-order valence-corrected chi connectivity index (χ0v) is 16.1. The molecular weight excluding hydrogens is 360 g/mol. The number of hydrogen-bond donors (Lipinski definition) is 1. The van der Waals surface area contributed by atoms with Crippen molar-refractivity contribution >= 4 is 22.6 Å². The number of halogens is 1. The Hall–Kier alpha value is -2.49. The Morgan fingerprint density at radius 2 is 1.78 bits per heavy atom. The van der Waals surface area contributed by atoms with Crippen molar-refractivity contribution in [3.05, 3.63) is 82.8 Å². The van der Waals surface area contributed by atoms with Crippen molar-refractivity contribution < 1.29 is 13.9 Å². The summed E-state index contributed by atoms with van der Waals surface area (Å²) in [7, 11) is 0. The molecule has 4 aromatic rings. The second-order valence-corrected chi connectivity index (χ2v) is 7.53. The molecule has 0 saturated heterocycles. The number of furan rings is 2. The summed E-state index contributed by atoms with van der Waals surface area (Å²) in [6.07, 6.45) is 1.10. The normalized spacial score (nSPS) is 13.8. The fourth-order valence-electron chi connectivity index (χ4n) is 3.43. The third-order valence-corrected chi connectivity index (χ3v) is 5.18. The first kappa shape index (κ1) is 17.9. The lowest BCUT2D eigenvalue weighted by atomic mass is 9.90. The van der Waals surface area contributed by atoms with Crippen LogP contribution in [0.15, 0.2) is 69.5 Å². The molecule has 1 atom stereocenters. The molecule has 0 radical (unpaired) electrons. The monoisotopic (exact) mass is 380 g/mol. The summed E-state index contributed by atoms with van der Waals surface area (Å²) in [6, 6.07) is 19.1. The molecule has 4 heteroatoms. The van der Waals surface area contributed by atoms with Crippen LogP contribution in [0.4, 0.5) is 0 Å². The van der Waals surface area contributed by atoms with Crippen molar-refractivity contribution in [2.45, 2.75) is 32.3 Å². The van der Waals surface area contributed by atoms with E-state index in [4.69, 9.17) is 20.4 Å². The van der Waals surface area contributed by atoms with E-state index in [1.165, 1.54) is 0 Å². The molecule has 0 aliphatic rings. The molecular formula is C23H21ClO3. The third-order valence-electron chi connectivity index (χ3n) is 4.94. The van der Waals surface area contributed by atoms with Gasteiger partial charge < -0.3 is 13.9 Å². The Kier molecular flexibility index (Phi) is 4.58. The van der Waals surface area contributed by atoms with Crippen LogP contribution in [0, 0.1) is 6.92 Å². The fraction of sp³-hybridized carbons (Fsp3) is 0.217. The summed E-state index contributed by atoms with van der Waals surface area (Å²) in [6.45, 7) is 3.75. The van der Waals surface area contributed by atoms with Crippen molar-refractivity contribution in [3.8, 4) is 11.3 Å². The van der Waals surface area contributed by atoms with E-state index in [1.54, 1.807) is 0 Å². The average Bonchev–Trinajstić information content (AvgIpc) is 3.23. The average molecular weight is 381 g/mol. The topological polar surface area (TPSA) is 46.5 Å². The summed E-state index contributed by atoms with van der Waals surface area (Å²) < 4.78 is 12.0. The van der Waals surface area contributed by atoms with E-state index in [2.05, 4.69) is 0 Å². The van der Waals surface area contributed by atoms with E-state index in [-0.39, 0.29) is 0 Å². The van der Waals surface area contributed by atoms with Gasteiger partial charge in [0, 0.05) is 16.8 Å². The van der Waals surface area contributed by atoms with Gasteiger partial charge in [0.1, 0.15) is 22.9 Å². The summed E-state index contributed by atoms with van der Waals surface area (Å²) in [5.74, 6) is 2.38. The molecule has 4 rings (SSSR count). The van der Waals surface area contributed by atoms with Gasteiger partial charge in [-0.2, -0.15) is 0 Å². The van der Waals surface area contributed by atoms with Crippen molar-refractivity contribution in [1.82, 2.24) is 0 Å². The van der Waals surface area contributed by atoms with E-state index < -0.39 is 5.60 Å². The number of rotatable bonds is 5. The number of aryl methyl sites for hydroxylation is 2. The smallest absolute Gasteiger partial charge is 0.138 e. The zero-order chi connectivity index (χ0) is 19.0. The first-order chi connectivity index (χ1) is 12.9. The lowest BCUT2D eigenvalue weighted by molar-refractivity contribution is 0.0468. The molecule has 138 valence electrons. The first-order valence-corrected chi connectivity index (χ1v) is 9.37. The van der Waals surface area contributed by atoms with Crippen LogP contribution < -0.4 is 0 Å². The summed E-state index contributed by atoms with van der Waals surface area (Å²) in [4.78, 5) is 0. The quantitative estimate of drug-likeness (QED) is 0.430. The molecule has 2 aromatic heterocycles. The lowest BCUT2D eigenvalue weighted by Gasteiger charge is -2.23. The van der Waals surface area contributed by atoms with Crippen molar-refractivity contribution in [1.29, 1.82) is 0 Å². The maximum absolute atomic E-state index is 10.9. The highest BCUT2D eigenvalue weighted by atomic mass is 35.5. The largest absolute Gasteiger partial charge is 0.461 e. The molecule has 2 aromatic carbocycles. The molecule has 3 nitrogen and oxygen atoms in total. The van der Waals surface area contributed by atoms with Crippen molar-refractivity contribution in [2.24, 2.45) is 0 Å². The second-order valence-electron chi connectivity index (χ2n) is 7.09. The molecule has 2 heterocycles. The number of benzene rings is 2. The van der Waals surface area contributed by atoms with Gasteiger partial charge in [0.2, 0.25) is 0 Å². The van der Waals surface area contributed by atoms with Crippen LogP contribution in [0.3, 0.4) is 0 Å². The van der Waals surface area contributed by atoms with Crippen LogP contribution in [-0.2, 0) is 12.0 Å². The molecule has 0 aliphatic heterocycles. The fourth-order valence-corrected chi connectivity index (χ4v) is 3.61. The van der Waals surface area contributed by atoms with Gasteiger partial charge in [-0.3, -0.25) is 0 Å². The van der Waals surface area contributed by atoms with Gasteiger partial charge in [0.25, 0.3) is 0 Å². The van der Waals surface area contributed by atoms with E-state index in [1.807, 2.05) is 74.5 Å². The number of hydrogen-bond acceptors (Lipinski definition) is 3. The molecule has 0 unspecified atom stereocenters. The van der Waals surface area contributed by atoms with Crippen molar-refractivity contribution in [3.63, 3.8) is 0 Å². The standard InChI is InChI=1S/C23H21ClO3/c1-15-8-10-20(26-15)22-18-14-17(24)9-11-19(18)27-21(22)12-13-23(2,25)16-6-4-3-5-7-16/h3-11,14,25H,12-13H2,1-2H3/t23-/m0/s1. The van der Waals surface area contributed by atoms with Gasteiger partial charge in [-0.15, -0.1) is 0 Å². The van der Waals surface area contributed by atoms with Gasteiger partial charge >= 0.3 is 0 Å². The zero-order valence-electron chi connectivity index (χ0n) is 15.3. The Morgan fingerprint density at radius 1 is 1.00 bits per heavy atom. The minimum Gasteiger partial charge on any atom is -0.461 e. The van der Waals surface area contributed by atoms with E-state index in [9.17, 15) is 5.11 Å². The molecule has 0 amide bonds. The van der Waals surface area contributed by atoms with Gasteiger partial charge in [-0.05, 0) is 56.2 Å². The number of fused-ring (bicyclic) bond motifs is 1. The predicted molar refractivity (Wildman–Crippen MR) is 108 cm³/mol. The highest BCUT2D eigenvalue weighted by molar-refractivity contribution is 6.31. The predicted octanol–water partition coefficient (Wildman–Crippen LogP) is 6.49. The van der Waals surface area contributed by atoms with Crippen LogP contribution in [-0.4, -0.2) is 5.11 Å². The maximum atomic E-state index is 10.9. The van der Waals surface area contributed by atoms with Crippen LogP contribution in [0.25, 0.3) is 22.3 Å². The Labute approximate surface area is 163 Å². The molecule has 27 heavy (non-hydrogen) atoms. The highest BCUT2D eigenvalue weighted by Crippen LogP contribution is 2.39. The molecule has 0 bridgehead atoms. The van der Waals surface area contributed by atoms with Gasteiger partial charge in [0.15, 0.2) is 0 Å². The third kappa shape index (κ3) is 3.53. The Morgan fingerprint density at radius 3 is 2.48 bits per heavy atom. The van der Waals surface area contributed by atoms with E-state index in [0.29, 0.717) is 17.9 Å². The molecule has 0 fully saturated rings. The minimum atomic E-state index is -0.950. The molecule has 0 aliphatic carbocycles. The molecule has 0 spiro atoms. The Balaban J connectivity index is 1.73. The van der Waals surface area contributed by atoms with Gasteiger partial charge in [-0.1, -0.05) is 41.9 Å². The van der Waals surface area contributed by atoms with E-state index in [0.717, 1.165) is 39.4 Å². The van der Waals surface area contributed by atoms with Crippen LogP contribution in [0.2, 0.25) is 5.02 Å². The van der Waals surface area contributed by atoms with Gasteiger partial charge in [0.05, 0.1) is 11.2 Å². The van der Waals surface area contributed by atoms with E-state index >= 15 is 0 Å². The highest BCUT2D eigenvalue weighted by Gasteiger charge is 2.26. The lowest BCUT2D eigenvalue weighted by Crippen LogP contribution is -2.21. The molecule has 1 N–H and O–H groups in total.